The van der Waals surface area contributed by atoms with Gasteiger partial charge < -0.3 is 20.1 Å². The molecule has 0 saturated heterocycles. The zero-order chi connectivity index (χ0) is 19.2. The summed E-state index contributed by atoms with van der Waals surface area (Å²) in [6.45, 7) is 6.70. The molecule has 0 saturated carbocycles. The number of nitrogens with zero attached hydrogens (tertiary/aromatic N) is 1. The number of methoxy groups -OCH3 is 2. The van der Waals surface area contributed by atoms with Crippen LogP contribution >= 0.6 is 0 Å². The van der Waals surface area contributed by atoms with Crippen LogP contribution in [0, 0.1) is 0 Å². The fraction of sp³-hybridized carbons (Fsp3) is 0.400. The van der Waals surface area contributed by atoms with Gasteiger partial charge in [-0.3, -0.25) is 4.79 Å². The van der Waals surface area contributed by atoms with Gasteiger partial charge in [-0.2, -0.15) is 0 Å². The van der Waals surface area contributed by atoms with Crippen molar-refractivity contribution < 1.29 is 14.3 Å². The Labute approximate surface area is 154 Å². The Hall–Kier alpha value is -2.76. The van der Waals surface area contributed by atoms with E-state index in [0.29, 0.717) is 30.0 Å². The summed E-state index contributed by atoms with van der Waals surface area (Å²) in [4.78, 5) is 16.5. The van der Waals surface area contributed by atoms with Crippen LogP contribution in [0.4, 0.5) is 5.82 Å². The lowest BCUT2D eigenvalue weighted by Crippen LogP contribution is -2.27. The number of ether oxygens (including phenoxy) is 2. The van der Waals surface area contributed by atoms with Crippen molar-refractivity contribution in [1.82, 2.24) is 10.3 Å². The maximum absolute atomic E-state index is 12.2. The van der Waals surface area contributed by atoms with Gasteiger partial charge in [0, 0.05) is 18.3 Å². The molecule has 6 heteroatoms. The van der Waals surface area contributed by atoms with Gasteiger partial charge in [0.05, 0.1) is 19.8 Å². The highest BCUT2D eigenvalue weighted by atomic mass is 16.5. The average Bonchev–Trinajstić information content (AvgIpc) is 2.60. The Bertz CT molecular complexity index is 737. The number of carbonyl (C=O) groups is 1. The molecule has 0 aliphatic carbocycles. The minimum absolute atomic E-state index is 0.0732. The molecule has 0 spiro atoms. The normalized spacial score (nSPS) is 11.0. The Morgan fingerprint density at radius 3 is 2.38 bits per heavy atom. The van der Waals surface area contributed by atoms with Crippen LogP contribution in [-0.4, -0.2) is 37.2 Å². The van der Waals surface area contributed by atoms with Crippen LogP contribution < -0.4 is 20.1 Å². The SMILES string of the molecule is COc1ccc(CCNC(=O)c2ccc(NC(C)(C)C)nc2)cc1OC. The smallest absolute Gasteiger partial charge is 0.252 e. The second-order valence-electron chi connectivity index (χ2n) is 7.00. The highest BCUT2D eigenvalue weighted by Gasteiger charge is 2.11. The number of amides is 1. The summed E-state index contributed by atoms with van der Waals surface area (Å²) in [6.07, 6.45) is 2.28. The van der Waals surface area contributed by atoms with Gasteiger partial charge in [0.15, 0.2) is 11.5 Å². The minimum Gasteiger partial charge on any atom is -0.493 e. The van der Waals surface area contributed by atoms with E-state index in [4.69, 9.17) is 9.47 Å². The van der Waals surface area contributed by atoms with Crippen molar-refractivity contribution in [3.05, 3.63) is 47.7 Å². The van der Waals surface area contributed by atoms with Crippen molar-refractivity contribution in [2.45, 2.75) is 32.7 Å². The molecular weight excluding hydrogens is 330 g/mol. The molecule has 2 rings (SSSR count). The predicted molar refractivity (Wildman–Crippen MR) is 103 cm³/mol. The monoisotopic (exact) mass is 357 g/mol. The van der Waals surface area contributed by atoms with Gasteiger partial charge in [0.1, 0.15) is 5.82 Å². The van der Waals surface area contributed by atoms with Crippen molar-refractivity contribution in [3.8, 4) is 11.5 Å². The fourth-order valence-corrected chi connectivity index (χ4v) is 2.44. The number of nitrogens with one attached hydrogen (secondary N) is 2. The second kappa shape index (κ2) is 8.56. The zero-order valence-electron chi connectivity index (χ0n) is 16.1. The molecule has 0 atom stereocenters. The van der Waals surface area contributed by atoms with Gasteiger partial charge in [0.25, 0.3) is 5.91 Å². The highest BCUT2D eigenvalue weighted by Crippen LogP contribution is 2.27. The Morgan fingerprint density at radius 2 is 1.81 bits per heavy atom. The molecule has 26 heavy (non-hydrogen) atoms. The first-order chi connectivity index (χ1) is 12.3. The molecule has 1 aromatic heterocycles. The maximum Gasteiger partial charge on any atom is 0.252 e. The van der Waals surface area contributed by atoms with E-state index in [1.54, 1.807) is 26.5 Å². The van der Waals surface area contributed by atoms with Crippen LogP contribution in [-0.2, 0) is 6.42 Å². The van der Waals surface area contributed by atoms with Gasteiger partial charge in [-0.15, -0.1) is 0 Å². The second-order valence-corrected chi connectivity index (χ2v) is 7.00. The third-order valence-corrected chi connectivity index (χ3v) is 3.68. The summed E-state index contributed by atoms with van der Waals surface area (Å²) < 4.78 is 10.5. The van der Waals surface area contributed by atoms with Gasteiger partial charge >= 0.3 is 0 Å². The molecule has 6 nitrogen and oxygen atoms in total. The van der Waals surface area contributed by atoms with Crippen molar-refractivity contribution in [3.63, 3.8) is 0 Å². The maximum atomic E-state index is 12.2. The third-order valence-electron chi connectivity index (χ3n) is 3.68. The molecule has 0 radical (unpaired) electrons. The Kier molecular flexibility index (Phi) is 6.44. The van der Waals surface area contributed by atoms with Crippen LogP contribution in [0.5, 0.6) is 11.5 Å². The minimum atomic E-state index is -0.139. The molecule has 2 aromatic rings. The summed E-state index contributed by atoms with van der Waals surface area (Å²) in [7, 11) is 3.21. The van der Waals surface area contributed by atoms with E-state index in [1.807, 2.05) is 24.3 Å². The molecule has 0 aliphatic rings. The number of rotatable bonds is 7. The Morgan fingerprint density at radius 1 is 1.08 bits per heavy atom. The van der Waals surface area contributed by atoms with Crippen LogP contribution in [0.2, 0.25) is 0 Å². The van der Waals surface area contributed by atoms with Crippen molar-refractivity contribution >= 4 is 11.7 Å². The van der Waals surface area contributed by atoms with Gasteiger partial charge in [-0.05, 0) is 57.0 Å². The number of benzene rings is 1. The topological polar surface area (TPSA) is 72.5 Å². The molecule has 0 fully saturated rings. The number of aromatic nitrogens is 1. The zero-order valence-corrected chi connectivity index (χ0v) is 16.1. The first-order valence-corrected chi connectivity index (χ1v) is 8.56. The molecule has 1 amide bonds. The van der Waals surface area contributed by atoms with Gasteiger partial charge in [-0.25, -0.2) is 4.98 Å². The lowest BCUT2D eigenvalue weighted by Gasteiger charge is -2.21. The fourth-order valence-electron chi connectivity index (χ4n) is 2.44. The number of hydrogen-bond donors (Lipinski definition) is 2. The summed E-state index contributed by atoms with van der Waals surface area (Å²) in [5.41, 5.74) is 1.53. The molecule has 0 bridgehead atoms. The molecule has 2 N–H and O–H groups in total. The van der Waals surface area contributed by atoms with E-state index in [2.05, 4.69) is 36.4 Å². The van der Waals surface area contributed by atoms with Crippen LogP contribution in [0.1, 0.15) is 36.7 Å². The molecule has 0 aliphatic heterocycles. The standard InChI is InChI=1S/C20H27N3O3/c1-20(2,3)23-18-9-7-15(13-22-18)19(24)21-11-10-14-6-8-16(25-4)17(12-14)26-5/h6-9,12-13H,10-11H2,1-5H3,(H,21,24)(H,22,23). The van der Waals surface area contributed by atoms with Crippen molar-refractivity contribution in [2.24, 2.45) is 0 Å². The quantitative estimate of drug-likeness (QED) is 0.796. The van der Waals surface area contributed by atoms with Crippen LogP contribution in [0.15, 0.2) is 36.5 Å². The molecule has 0 unspecified atom stereocenters. The lowest BCUT2D eigenvalue weighted by atomic mass is 10.1. The summed E-state index contributed by atoms with van der Waals surface area (Å²) in [5, 5.41) is 6.18. The van der Waals surface area contributed by atoms with Crippen molar-refractivity contribution in [1.29, 1.82) is 0 Å². The number of pyridine rings is 1. The van der Waals surface area contributed by atoms with E-state index in [-0.39, 0.29) is 11.4 Å². The van der Waals surface area contributed by atoms with Gasteiger partial charge in [0.2, 0.25) is 0 Å². The third kappa shape index (κ3) is 5.65. The number of carbonyl (C=O) groups excluding carboxylic acids is 1. The number of anilines is 1. The van der Waals surface area contributed by atoms with E-state index in [0.717, 1.165) is 11.4 Å². The first-order valence-electron chi connectivity index (χ1n) is 8.56. The van der Waals surface area contributed by atoms with Crippen LogP contribution in [0.25, 0.3) is 0 Å². The highest BCUT2D eigenvalue weighted by molar-refractivity contribution is 5.94. The molecule has 1 aromatic carbocycles. The van der Waals surface area contributed by atoms with Crippen molar-refractivity contribution in [2.75, 3.05) is 26.1 Å². The summed E-state index contributed by atoms with van der Waals surface area (Å²) in [6, 6.07) is 9.32. The van der Waals surface area contributed by atoms with E-state index < -0.39 is 0 Å². The number of hydrogen-bond acceptors (Lipinski definition) is 5. The Balaban J connectivity index is 1.89. The molecule has 140 valence electrons. The lowest BCUT2D eigenvalue weighted by molar-refractivity contribution is 0.0954. The van der Waals surface area contributed by atoms with E-state index in [1.165, 1.54) is 0 Å². The largest absolute Gasteiger partial charge is 0.493 e. The average molecular weight is 357 g/mol. The summed E-state index contributed by atoms with van der Waals surface area (Å²) in [5.74, 6) is 1.98. The summed E-state index contributed by atoms with van der Waals surface area (Å²) >= 11 is 0. The first kappa shape index (κ1) is 19.6. The van der Waals surface area contributed by atoms with E-state index in [9.17, 15) is 4.79 Å². The molecular formula is C20H27N3O3. The van der Waals surface area contributed by atoms with Crippen LogP contribution in [0.3, 0.4) is 0 Å². The predicted octanol–water partition coefficient (Wildman–Crippen LogP) is 3.28. The van der Waals surface area contributed by atoms with E-state index >= 15 is 0 Å². The van der Waals surface area contributed by atoms with Gasteiger partial charge in [-0.1, -0.05) is 6.07 Å². The molecule has 1 heterocycles.